The van der Waals surface area contributed by atoms with Crippen LogP contribution in [-0.2, 0) is 10.0 Å². The third-order valence-electron chi connectivity index (χ3n) is 2.13. The highest BCUT2D eigenvalue weighted by atomic mass is 35.5. The van der Waals surface area contributed by atoms with Crippen LogP contribution in [0.25, 0.3) is 0 Å². The number of halogens is 2. The maximum absolute atomic E-state index is 12.0. The summed E-state index contributed by atoms with van der Waals surface area (Å²) in [5, 5.41) is 6.17. The minimum Gasteiger partial charge on any atom is -0.396 e. The number of anilines is 2. The first-order valence-electron chi connectivity index (χ1n) is 4.67. The van der Waals surface area contributed by atoms with Crippen molar-refractivity contribution in [2.45, 2.75) is 4.90 Å². The summed E-state index contributed by atoms with van der Waals surface area (Å²) in [5.41, 5.74) is 5.60. The molecule has 9 heteroatoms. The summed E-state index contributed by atoms with van der Waals surface area (Å²) in [5.74, 6) is 0.222. The molecule has 2 rings (SSSR count). The number of nitrogens with two attached hydrogens (primary N) is 1. The van der Waals surface area contributed by atoms with Crippen LogP contribution in [0.15, 0.2) is 29.3 Å². The number of rotatable bonds is 3. The molecule has 0 aliphatic heterocycles. The molecule has 18 heavy (non-hydrogen) atoms. The first-order chi connectivity index (χ1) is 8.42. The van der Waals surface area contributed by atoms with Gasteiger partial charge in [-0.15, -0.1) is 0 Å². The first kappa shape index (κ1) is 13.0. The Morgan fingerprint density at radius 1 is 1.28 bits per heavy atom. The standard InChI is InChI=1S/C9H8Cl2N4O2S/c10-5-1-2-6(8(11)9(5)12)18(16,17)15-7-3-4-13-14-7/h1-4H,12H2,(H2,13,14,15). The van der Waals surface area contributed by atoms with Crippen LogP contribution in [0.4, 0.5) is 11.5 Å². The molecule has 0 unspecified atom stereocenters. The molecule has 0 atom stereocenters. The van der Waals surface area contributed by atoms with E-state index < -0.39 is 10.0 Å². The molecule has 6 nitrogen and oxygen atoms in total. The number of hydrogen-bond donors (Lipinski definition) is 3. The Bertz CT molecular complexity index is 670. The summed E-state index contributed by atoms with van der Waals surface area (Å²) in [4.78, 5) is -0.152. The van der Waals surface area contributed by atoms with Crippen molar-refractivity contribution < 1.29 is 8.42 Å². The second-order valence-corrected chi connectivity index (χ2v) is 5.78. The number of H-pyrrole nitrogens is 1. The van der Waals surface area contributed by atoms with Gasteiger partial charge in [-0.2, -0.15) is 5.10 Å². The van der Waals surface area contributed by atoms with Gasteiger partial charge in [-0.05, 0) is 12.1 Å². The quantitative estimate of drug-likeness (QED) is 0.756. The number of aromatic amines is 1. The number of hydrogen-bond acceptors (Lipinski definition) is 4. The highest BCUT2D eigenvalue weighted by Gasteiger charge is 2.21. The van der Waals surface area contributed by atoms with E-state index in [1.165, 1.54) is 24.4 Å². The molecule has 1 aromatic heterocycles. The van der Waals surface area contributed by atoms with E-state index in [-0.39, 0.29) is 26.4 Å². The van der Waals surface area contributed by atoms with Gasteiger partial charge in [0, 0.05) is 6.07 Å². The molecule has 1 aromatic carbocycles. The number of nitrogen functional groups attached to an aromatic ring is 1. The molecule has 0 saturated heterocycles. The molecule has 4 N–H and O–H groups in total. The average molecular weight is 307 g/mol. The van der Waals surface area contributed by atoms with E-state index in [0.29, 0.717) is 0 Å². The van der Waals surface area contributed by atoms with Gasteiger partial charge in [-0.1, -0.05) is 23.2 Å². The van der Waals surface area contributed by atoms with Crippen molar-refractivity contribution >= 4 is 44.7 Å². The fourth-order valence-electron chi connectivity index (χ4n) is 1.27. The second-order valence-electron chi connectivity index (χ2n) is 3.35. The van der Waals surface area contributed by atoms with Gasteiger partial charge in [-0.3, -0.25) is 9.82 Å². The molecule has 0 amide bonds. The zero-order valence-corrected chi connectivity index (χ0v) is 11.1. The summed E-state index contributed by atoms with van der Waals surface area (Å²) in [6.07, 6.45) is 1.41. The Balaban J connectivity index is 2.45. The molecule has 0 fully saturated rings. The summed E-state index contributed by atoms with van der Waals surface area (Å²) in [6, 6.07) is 4.11. The van der Waals surface area contributed by atoms with Crippen molar-refractivity contribution in [1.82, 2.24) is 10.2 Å². The topological polar surface area (TPSA) is 101 Å². The Morgan fingerprint density at radius 3 is 2.61 bits per heavy atom. The van der Waals surface area contributed by atoms with E-state index in [1.54, 1.807) is 0 Å². The lowest BCUT2D eigenvalue weighted by atomic mass is 10.3. The first-order valence-corrected chi connectivity index (χ1v) is 6.91. The van der Waals surface area contributed by atoms with Gasteiger partial charge in [-0.25, -0.2) is 8.42 Å². The van der Waals surface area contributed by atoms with Gasteiger partial charge >= 0.3 is 0 Å². The van der Waals surface area contributed by atoms with Crippen LogP contribution in [0, 0.1) is 0 Å². The van der Waals surface area contributed by atoms with Crippen LogP contribution >= 0.6 is 23.2 Å². The highest BCUT2D eigenvalue weighted by molar-refractivity contribution is 7.92. The number of nitrogens with zero attached hydrogens (tertiary/aromatic N) is 1. The zero-order chi connectivity index (χ0) is 13.3. The largest absolute Gasteiger partial charge is 0.396 e. The molecule has 0 aliphatic carbocycles. The Labute approximate surface area is 113 Å². The summed E-state index contributed by atoms with van der Waals surface area (Å²) < 4.78 is 26.4. The van der Waals surface area contributed by atoms with Crippen LogP contribution in [0.1, 0.15) is 0 Å². The molecule has 0 spiro atoms. The van der Waals surface area contributed by atoms with Gasteiger partial charge in [0.2, 0.25) is 0 Å². The molecule has 0 bridgehead atoms. The van der Waals surface area contributed by atoms with Crippen molar-refractivity contribution in [3.63, 3.8) is 0 Å². The van der Waals surface area contributed by atoms with Crippen LogP contribution in [-0.4, -0.2) is 18.6 Å². The van der Waals surface area contributed by atoms with Crippen LogP contribution < -0.4 is 10.5 Å². The highest BCUT2D eigenvalue weighted by Crippen LogP contribution is 2.33. The zero-order valence-electron chi connectivity index (χ0n) is 8.81. The van der Waals surface area contributed by atoms with Crippen molar-refractivity contribution in [2.24, 2.45) is 0 Å². The predicted molar refractivity (Wildman–Crippen MR) is 70.3 cm³/mol. The van der Waals surface area contributed by atoms with Crippen molar-refractivity contribution in [2.75, 3.05) is 10.5 Å². The summed E-state index contributed by atoms with van der Waals surface area (Å²) >= 11 is 11.6. The van der Waals surface area contributed by atoms with Gasteiger partial charge in [0.05, 0.1) is 21.9 Å². The molecular formula is C9H8Cl2N4O2S. The minimum absolute atomic E-state index is 0.0193. The molecule has 0 radical (unpaired) electrons. The van der Waals surface area contributed by atoms with E-state index >= 15 is 0 Å². The number of benzene rings is 1. The molecule has 96 valence electrons. The van der Waals surface area contributed by atoms with Crippen LogP contribution in [0.5, 0.6) is 0 Å². The molecule has 0 saturated carbocycles. The maximum atomic E-state index is 12.0. The molecular weight excluding hydrogens is 299 g/mol. The van der Waals surface area contributed by atoms with Gasteiger partial charge in [0.25, 0.3) is 10.0 Å². The number of aromatic nitrogens is 2. The van der Waals surface area contributed by atoms with Crippen molar-refractivity contribution in [1.29, 1.82) is 0 Å². The van der Waals surface area contributed by atoms with E-state index in [0.717, 1.165) is 0 Å². The van der Waals surface area contributed by atoms with Gasteiger partial charge in [0.15, 0.2) is 0 Å². The Morgan fingerprint density at radius 2 is 2.00 bits per heavy atom. The maximum Gasteiger partial charge on any atom is 0.264 e. The molecule has 0 aliphatic rings. The molecule has 1 heterocycles. The van der Waals surface area contributed by atoms with Gasteiger partial charge in [0.1, 0.15) is 10.7 Å². The Hall–Kier alpha value is -1.44. The fourth-order valence-corrected chi connectivity index (χ4v) is 3.05. The van der Waals surface area contributed by atoms with Crippen LogP contribution in [0.3, 0.4) is 0 Å². The Kier molecular flexibility index (Phi) is 3.38. The van der Waals surface area contributed by atoms with Crippen molar-refractivity contribution in [3.05, 3.63) is 34.4 Å². The lowest BCUT2D eigenvalue weighted by Gasteiger charge is -2.10. The smallest absolute Gasteiger partial charge is 0.264 e. The lowest BCUT2D eigenvalue weighted by Crippen LogP contribution is -2.14. The SMILES string of the molecule is Nc1c(Cl)ccc(S(=O)(=O)Nc2ccn[nH]2)c1Cl. The van der Waals surface area contributed by atoms with E-state index in [9.17, 15) is 8.42 Å². The van der Waals surface area contributed by atoms with Crippen LogP contribution in [0.2, 0.25) is 10.0 Å². The fraction of sp³-hybridized carbons (Fsp3) is 0. The number of sulfonamides is 1. The van der Waals surface area contributed by atoms with E-state index in [1.807, 2.05) is 0 Å². The minimum atomic E-state index is -3.85. The summed E-state index contributed by atoms with van der Waals surface area (Å²) in [7, 11) is -3.85. The molecule has 2 aromatic rings. The lowest BCUT2D eigenvalue weighted by molar-refractivity contribution is 0.601. The van der Waals surface area contributed by atoms with E-state index in [4.69, 9.17) is 28.9 Å². The average Bonchev–Trinajstić information content (AvgIpc) is 2.77. The second kappa shape index (κ2) is 4.68. The summed E-state index contributed by atoms with van der Waals surface area (Å²) in [6.45, 7) is 0. The van der Waals surface area contributed by atoms with Crippen molar-refractivity contribution in [3.8, 4) is 0 Å². The predicted octanol–water partition coefficient (Wildman–Crippen LogP) is 2.10. The monoisotopic (exact) mass is 306 g/mol. The third-order valence-corrected chi connectivity index (χ3v) is 4.38. The van der Waals surface area contributed by atoms with Gasteiger partial charge < -0.3 is 5.73 Å². The van der Waals surface area contributed by atoms with E-state index in [2.05, 4.69) is 14.9 Å². The normalized spacial score (nSPS) is 11.4. The third kappa shape index (κ3) is 2.38. The number of nitrogens with one attached hydrogen (secondary N) is 2.